The number of rotatable bonds is 5. The molecular formula is C19H29N3O3S. The van der Waals surface area contributed by atoms with Crippen LogP contribution in [0.25, 0.3) is 0 Å². The molecule has 0 radical (unpaired) electrons. The second-order valence-electron chi connectivity index (χ2n) is 7.30. The minimum atomic E-state index is -3.02. The molecule has 0 bridgehead atoms. The fourth-order valence-electron chi connectivity index (χ4n) is 4.19. The first-order valence-corrected chi connectivity index (χ1v) is 11.5. The molecule has 6 nitrogen and oxygen atoms in total. The summed E-state index contributed by atoms with van der Waals surface area (Å²) in [6.45, 7) is 5.58. The van der Waals surface area contributed by atoms with Crippen molar-refractivity contribution in [2.45, 2.75) is 58.0 Å². The number of hydrogen-bond donors (Lipinski definition) is 0. The van der Waals surface area contributed by atoms with E-state index in [-0.39, 0.29) is 23.5 Å². The Morgan fingerprint density at radius 3 is 2.77 bits per heavy atom. The summed E-state index contributed by atoms with van der Waals surface area (Å²) in [7, 11) is -3.02. The monoisotopic (exact) mass is 379 g/mol. The molecule has 0 spiro atoms. The number of nitrogens with zero attached hydrogens (tertiary/aromatic N) is 3. The maximum atomic E-state index is 13.0. The quantitative estimate of drug-likeness (QED) is 0.786. The van der Waals surface area contributed by atoms with Crippen molar-refractivity contribution in [3.8, 4) is 0 Å². The molecule has 2 atom stereocenters. The topological polar surface area (TPSA) is 70.6 Å². The second-order valence-corrected chi connectivity index (χ2v) is 9.53. The molecule has 0 N–H and O–H groups in total. The predicted octanol–water partition coefficient (Wildman–Crippen LogP) is 2.50. The third-order valence-electron chi connectivity index (χ3n) is 5.64. The minimum absolute atomic E-state index is 0.0779. The summed E-state index contributed by atoms with van der Waals surface area (Å²) in [5, 5.41) is 0. The molecule has 2 fully saturated rings. The number of carbonyl (C=O) groups excluding carboxylic acids is 1. The van der Waals surface area contributed by atoms with Gasteiger partial charge in [0.15, 0.2) is 9.84 Å². The average molecular weight is 380 g/mol. The van der Waals surface area contributed by atoms with Crippen molar-refractivity contribution in [2.75, 3.05) is 29.5 Å². The standard InChI is InChI=1S/C19H29N3O3S/c1-3-16-7-5-6-11-22(16)18-13-15(8-10-20-18)19(23)21(4-2)17-9-12-26(24,25)14-17/h8,10,13,16-17H,3-7,9,11-12,14H2,1-2H3. The van der Waals surface area contributed by atoms with Gasteiger partial charge in [-0.15, -0.1) is 0 Å². The summed E-state index contributed by atoms with van der Waals surface area (Å²) in [6.07, 6.45) is 6.86. The first-order chi connectivity index (χ1) is 12.4. The van der Waals surface area contributed by atoms with E-state index in [9.17, 15) is 13.2 Å². The lowest BCUT2D eigenvalue weighted by molar-refractivity contribution is 0.0708. The molecule has 1 aromatic rings. The lowest BCUT2D eigenvalue weighted by Crippen LogP contribution is -2.41. The molecule has 7 heteroatoms. The number of pyridine rings is 1. The zero-order chi connectivity index (χ0) is 18.7. The largest absolute Gasteiger partial charge is 0.354 e. The Morgan fingerprint density at radius 1 is 1.31 bits per heavy atom. The van der Waals surface area contributed by atoms with Gasteiger partial charge in [0, 0.05) is 36.9 Å². The molecule has 3 rings (SSSR count). The van der Waals surface area contributed by atoms with Crippen LogP contribution in [0.4, 0.5) is 5.82 Å². The summed E-state index contributed by atoms with van der Waals surface area (Å²) in [6, 6.07) is 3.88. The van der Waals surface area contributed by atoms with E-state index in [0.717, 1.165) is 31.6 Å². The first kappa shape index (κ1) is 19.1. The van der Waals surface area contributed by atoms with Crippen LogP contribution in [-0.2, 0) is 9.84 Å². The van der Waals surface area contributed by atoms with E-state index < -0.39 is 9.84 Å². The molecule has 2 saturated heterocycles. The highest BCUT2D eigenvalue weighted by Gasteiger charge is 2.34. The predicted molar refractivity (Wildman–Crippen MR) is 103 cm³/mol. The third kappa shape index (κ3) is 4.03. The zero-order valence-electron chi connectivity index (χ0n) is 15.7. The average Bonchev–Trinajstić information content (AvgIpc) is 3.01. The van der Waals surface area contributed by atoms with Crippen molar-refractivity contribution in [3.63, 3.8) is 0 Å². The van der Waals surface area contributed by atoms with Crippen LogP contribution in [0.2, 0.25) is 0 Å². The van der Waals surface area contributed by atoms with Crippen molar-refractivity contribution >= 4 is 21.6 Å². The number of aromatic nitrogens is 1. The fraction of sp³-hybridized carbons (Fsp3) is 0.684. The number of carbonyl (C=O) groups is 1. The van der Waals surface area contributed by atoms with Crippen LogP contribution in [0.15, 0.2) is 18.3 Å². The van der Waals surface area contributed by atoms with E-state index >= 15 is 0 Å². The van der Waals surface area contributed by atoms with Gasteiger partial charge in [-0.3, -0.25) is 4.79 Å². The Hall–Kier alpha value is -1.63. The van der Waals surface area contributed by atoms with E-state index in [1.807, 2.05) is 13.0 Å². The maximum Gasteiger partial charge on any atom is 0.254 e. The highest BCUT2D eigenvalue weighted by atomic mass is 32.2. The van der Waals surface area contributed by atoms with Gasteiger partial charge < -0.3 is 9.80 Å². The Morgan fingerprint density at radius 2 is 2.12 bits per heavy atom. The van der Waals surface area contributed by atoms with E-state index in [1.165, 1.54) is 6.42 Å². The number of anilines is 1. The zero-order valence-corrected chi connectivity index (χ0v) is 16.5. The third-order valence-corrected chi connectivity index (χ3v) is 7.39. The Labute approximate surface area is 156 Å². The molecule has 26 heavy (non-hydrogen) atoms. The lowest BCUT2D eigenvalue weighted by atomic mass is 10.00. The van der Waals surface area contributed by atoms with Gasteiger partial charge in [0.1, 0.15) is 5.82 Å². The summed E-state index contributed by atoms with van der Waals surface area (Å²) in [5.74, 6) is 1.02. The first-order valence-electron chi connectivity index (χ1n) is 9.69. The number of sulfone groups is 1. The van der Waals surface area contributed by atoms with Crippen molar-refractivity contribution in [3.05, 3.63) is 23.9 Å². The van der Waals surface area contributed by atoms with Crippen molar-refractivity contribution in [2.24, 2.45) is 0 Å². The molecule has 3 heterocycles. The molecule has 0 saturated carbocycles. The molecule has 0 aliphatic carbocycles. The minimum Gasteiger partial charge on any atom is -0.354 e. The summed E-state index contributed by atoms with van der Waals surface area (Å²) in [5.41, 5.74) is 0.599. The van der Waals surface area contributed by atoms with E-state index in [2.05, 4.69) is 16.8 Å². The van der Waals surface area contributed by atoms with Crippen molar-refractivity contribution < 1.29 is 13.2 Å². The summed E-state index contributed by atoms with van der Waals surface area (Å²) >= 11 is 0. The van der Waals surface area contributed by atoms with Gasteiger partial charge in [-0.2, -0.15) is 0 Å². The van der Waals surface area contributed by atoms with Gasteiger partial charge in [0.05, 0.1) is 11.5 Å². The van der Waals surface area contributed by atoms with Crippen LogP contribution in [0.1, 0.15) is 56.3 Å². The number of amides is 1. The SMILES string of the molecule is CCC1CCCCN1c1cc(C(=O)N(CC)C2CCS(=O)(=O)C2)ccn1. The van der Waals surface area contributed by atoms with Gasteiger partial charge in [-0.05, 0) is 51.2 Å². The van der Waals surface area contributed by atoms with Crippen LogP contribution < -0.4 is 4.90 Å². The van der Waals surface area contributed by atoms with E-state index in [1.54, 1.807) is 17.2 Å². The normalized spacial score (nSPS) is 25.2. The van der Waals surface area contributed by atoms with Gasteiger partial charge >= 0.3 is 0 Å². The highest BCUT2D eigenvalue weighted by molar-refractivity contribution is 7.91. The van der Waals surface area contributed by atoms with Crippen LogP contribution in [0, 0.1) is 0 Å². The smallest absolute Gasteiger partial charge is 0.254 e. The highest BCUT2D eigenvalue weighted by Crippen LogP contribution is 2.26. The second kappa shape index (κ2) is 7.94. The van der Waals surface area contributed by atoms with Crippen LogP contribution in [0.5, 0.6) is 0 Å². The Balaban J connectivity index is 1.81. The van der Waals surface area contributed by atoms with Crippen LogP contribution >= 0.6 is 0 Å². The van der Waals surface area contributed by atoms with Crippen LogP contribution in [0.3, 0.4) is 0 Å². The maximum absolute atomic E-state index is 13.0. The molecule has 1 aromatic heterocycles. The van der Waals surface area contributed by atoms with Gasteiger partial charge in [-0.25, -0.2) is 13.4 Å². The molecule has 2 aliphatic rings. The Bertz CT molecular complexity index is 750. The van der Waals surface area contributed by atoms with Crippen molar-refractivity contribution in [1.29, 1.82) is 0 Å². The number of piperidine rings is 1. The van der Waals surface area contributed by atoms with Crippen molar-refractivity contribution in [1.82, 2.24) is 9.88 Å². The molecule has 144 valence electrons. The molecule has 0 aromatic carbocycles. The van der Waals surface area contributed by atoms with Gasteiger partial charge in [0.25, 0.3) is 5.91 Å². The van der Waals surface area contributed by atoms with Crippen LogP contribution in [-0.4, -0.2) is 60.9 Å². The molecule has 2 unspecified atom stereocenters. The molecular weight excluding hydrogens is 350 g/mol. The van der Waals surface area contributed by atoms with E-state index in [4.69, 9.17) is 0 Å². The van der Waals surface area contributed by atoms with Gasteiger partial charge in [0.2, 0.25) is 0 Å². The van der Waals surface area contributed by atoms with Gasteiger partial charge in [-0.1, -0.05) is 6.92 Å². The number of hydrogen-bond acceptors (Lipinski definition) is 5. The summed E-state index contributed by atoms with van der Waals surface area (Å²) < 4.78 is 23.6. The lowest BCUT2D eigenvalue weighted by Gasteiger charge is -2.36. The molecule has 1 amide bonds. The molecule has 2 aliphatic heterocycles. The fourth-order valence-corrected chi connectivity index (χ4v) is 5.92. The van der Waals surface area contributed by atoms with E-state index in [0.29, 0.717) is 24.6 Å². The Kier molecular flexibility index (Phi) is 5.85. The summed E-state index contributed by atoms with van der Waals surface area (Å²) in [4.78, 5) is 21.6.